The maximum Gasteiger partial charge on any atom is 0.271 e. The molecule has 1 aromatic heterocycles. The number of ketones is 1. The molecule has 192 valence electrons. The fourth-order valence-corrected chi connectivity index (χ4v) is 5.72. The Morgan fingerprint density at radius 3 is 2.70 bits per heavy atom. The summed E-state index contributed by atoms with van der Waals surface area (Å²) >= 11 is 0. The molecule has 2 fully saturated rings. The minimum atomic E-state index is -0.760. The molecule has 0 bridgehead atoms. The minimum absolute atomic E-state index is 0.0223. The predicted octanol–water partition coefficient (Wildman–Crippen LogP) is 3.62. The third-order valence-corrected chi connectivity index (χ3v) is 7.67. The maximum absolute atomic E-state index is 13.7. The fourth-order valence-electron chi connectivity index (χ4n) is 5.72. The van der Waals surface area contributed by atoms with E-state index in [4.69, 9.17) is 4.74 Å². The van der Waals surface area contributed by atoms with Crippen LogP contribution in [0.5, 0.6) is 5.75 Å². The molecular formula is C29H31N3O5. The van der Waals surface area contributed by atoms with Crippen LogP contribution in [0, 0.1) is 5.92 Å². The number of amides is 2. The van der Waals surface area contributed by atoms with E-state index in [1.807, 2.05) is 48.5 Å². The second kappa shape index (κ2) is 10.6. The lowest BCUT2D eigenvalue weighted by Crippen LogP contribution is -2.49. The Morgan fingerprint density at radius 1 is 1.19 bits per heavy atom. The van der Waals surface area contributed by atoms with E-state index in [0.29, 0.717) is 43.5 Å². The van der Waals surface area contributed by atoms with E-state index < -0.39 is 12.1 Å². The molecule has 1 saturated carbocycles. The van der Waals surface area contributed by atoms with Gasteiger partial charge in [-0.05, 0) is 49.4 Å². The van der Waals surface area contributed by atoms with Gasteiger partial charge in [-0.15, -0.1) is 0 Å². The zero-order valence-electron chi connectivity index (χ0n) is 20.8. The summed E-state index contributed by atoms with van der Waals surface area (Å²) in [6.45, 7) is 0.375. The number of methoxy groups -OCH3 is 1. The number of nitrogens with one attached hydrogen (secondary N) is 2. The van der Waals surface area contributed by atoms with Gasteiger partial charge in [0.15, 0.2) is 0 Å². The van der Waals surface area contributed by atoms with E-state index in [-0.39, 0.29) is 29.4 Å². The average Bonchev–Trinajstić information content (AvgIpc) is 3.66. The zero-order valence-corrected chi connectivity index (χ0v) is 20.8. The van der Waals surface area contributed by atoms with Crippen LogP contribution < -0.4 is 10.1 Å². The van der Waals surface area contributed by atoms with Crippen molar-refractivity contribution in [3.8, 4) is 5.75 Å². The number of carbonyl (C=O) groups is 4. The zero-order chi connectivity index (χ0) is 25.9. The van der Waals surface area contributed by atoms with Gasteiger partial charge in [0, 0.05) is 35.7 Å². The predicted molar refractivity (Wildman–Crippen MR) is 138 cm³/mol. The Labute approximate surface area is 215 Å². The summed E-state index contributed by atoms with van der Waals surface area (Å²) in [5.41, 5.74) is 2.19. The number of hydrogen-bond acceptors (Lipinski definition) is 5. The van der Waals surface area contributed by atoms with Crippen LogP contribution in [0.15, 0.2) is 54.6 Å². The number of ether oxygens (including phenoxy) is 1. The minimum Gasteiger partial charge on any atom is -0.496 e. The van der Waals surface area contributed by atoms with Gasteiger partial charge in [0.2, 0.25) is 5.91 Å². The van der Waals surface area contributed by atoms with Crippen molar-refractivity contribution < 1.29 is 23.9 Å². The molecule has 5 rings (SSSR count). The SMILES string of the molecule is COc1cccc2[nH]c(C(=O)N3C[C@H](c4ccccc4)CC3C(=O)N[C@H](C=O)C[C@@H]3CCCC3=O)cc12. The Hall–Kier alpha value is -3.94. The number of nitrogens with zero attached hydrogens (tertiary/aromatic N) is 1. The Morgan fingerprint density at radius 2 is 2.00 bits per heavy atom. The quantitative estimate of drug-likeness (QED) is 0.459. The van der Waals surface area contributed by atoms with Crippen molar-refractivity contribution >= 4 is 34.8 Å². The highest BCUT2D eigenvalue weighted by Crippen LogP contribution is 2.34. The molecule has 2 N–H and O–H groups in total. The lowest BCUT2D eigenvalue weighted by atomic mass is 9.95. The first kappa shape index (κ1) is 24.7. The monoisotopic (exact) mass is 501 g/mol. The molecule has 8 nitrogen and oxygen atoms in total. The average molecular weight is 502 g/mol. The fraction of sp³-hybridized carbons (Fsp3) is 0.379. The number of aromatic amines is 1. The van der Waals surface area contributed by atoms with E-state index in [9.17, 15) is 19.2 Å². The summed E-state index contributed by atoms with van der Waals surface area (Å²) in [6.07, 6.45) is 3.54. The van der Waals surface area contributed by atoms with Crippen LogP contribution in [0.1, 0.15) is 54.1 Å². The number of H-pyrrole nitrogens is 1. The van der Waals surface area contributed by atoms with Gasteiger partial charge in [0.05, 0.1) is 13.2 Å². The van der Waals surface area contributed by atoms with E-state index in [1.165, 1.54) is 0 Å². The second-order valence-electron chi connectivity index (χ2n) is 9.96. The number of fused-ring (bicyclic) bond motifs is 1. The number of likely N-dealkylation sites (tertiary alicyclic amines) is 1. The summed E-state index contributed by atoms with van der Waals surface area (Å²) in [7, 11) is 1.58. The highest BCUT2D eigenvalue weighted by atomic mass is 16.5. The van der Waals surface area contributed by atoms with Crippen molar-refractivity contribution in [3.05, 3.63) is 65.9 Å². The lowest BCUT2D eigenvalue weighted by Gasteiger charge is -2.25. The first-order valence-corrected chi connectivity index (χ1v) is 12.8. The number of carbonyl (C=O) groups excluding carboxylic acids is 4. The summed E-state index contributed by atoms with van der Waals surface area (Å²) in [5.74, 6) is -0.0762. The molecule has 3 aromatic rings. The molecule has 37 heavy (non-hydrogen) atoms. The molecule has 1 aliphatic heterocycles. The van der Waals surface area contributed by atoms with E-state index in [0.717, 1.165) is 29.3 Å². The molecule has 0 radical (unpaired) electrons. The molecule has 4 atom stereocenters. The van der Waals surface area contributed by atoms with Crippen LogP contribution in [-0.4, -0.2) is 59.5 Å². The van der Waals surface area contributed by atoms with Crippen LogP contribution in [0.4, 0.5) is 0 Å². The summed E-state index contributed by atoms with van der Waals surface area (Å²) in [5, 5.41) is 3.61. The van der Waals surface area contributed by atoms with Crippen molar-refractivity contribution in [1.29, 1.82) is 0 Å². The van der Waals surface area contributed by atoms with Crippen molar-refractivity contribution in [2.24, 2.45) is 5.92 Å². The summed E-state index contributed by atoms with van der Waals surface area (Å²) in [4.78, 5) is 55.9. The highest BCUT2D eigenvalue weighted by Gasteiger charge is 2.41. The number of Topliss-reactive ketones (excluding diaryl/α,β-unsaturated/α-hetero) is 1. The van der Waals surface area contributed by atoms with E-state index >= 15 is 0 Å². The van der Waals surface area contributed by atoms with Gasteiger partial charge in [-0.3, -0.25) is 14.4 Å². The second-order valence-corrected chi connectivity index (χ2v) is 9.96. The molecule has 1 saturated heterocycles. The topological polar surface area (TPSA) is 109 Å². The van der Waals surface area contributed by atoms with Gasteiger partial charge in [0.25, 0.3) is 5.91 Å². The van der Waals surface area contributed by atoms with Gasteiger partial charge < -0.3 is 24.7 Å². The number of benzene rings is 2. The number of aromatic nitrogens is 1. The van der Waals surface area contributed by atoms with Crippen LogP contribution in [0.25, 0.3) is 10.9 Å². The van der Waals surface area contributed by atoms with Crippen molar-refractivity contribution in [2.45, 2.75) is 50.1 Å². The normalized spacial score (nSPS) is 22.2. The van der Waals surface area contributed by atoms with Crippen LogP contribution in [0.3, 0.4) is 0 Å². The van der Waals surface area contributed by atoms with E-state index in [1.54, 1.807) is 18.1 Å². The van der Waals surface area contributed by atoms with Gasteiger partial charge in [-0.2, -0.15) is 0 Å². The van der Waals surface area contributed by atoms with Crippen LogP contribution in [0.2, 0.25) is 0 Å². The Bertz CT molecular complexity index is 1320. The van der Waals surface area contributed by atoms with Gasteiger partial charge in [-0.1, -0.05) is 36.4 Å². The maximum atomic E-state index is 13.7. The molecule has 1 aliphatic carbocycles. The molecule has 2 aliphatic rings. The first-order chi connectivity index (χ1) is 18.0. The molecule has 0 spiro atoms. The lowest BCUT2D eigenvalue weighted by molar-refractivity contribution is -0.128. The summed E-state index contributed by atoms with van der Waals surface area (Å²) in [6, 6.07) is 15.6. The first-order valence-electron chi connectivity index (χ1n) is 12.8. The van der Waals surface area contributed by atoms with E-state index in [2.05, 4.69) is 10.3 Å². The number of rotatable bonds is 8. The van der Waals surface area contributed by atoms with Crippen molar-refractivity contribution in [1.82, 2.24) is 15.2 Å². The number of aldehydes is 1. The molecule has 2 aromatic carbocycles. The molecule has 2 heterocycles. The van der Waals surface area contributed by atoms with Crippen LogP contribution in [-0.2, 0) is 14.4 Å². The number of hydrogen-bond donors (Lipinski definition) is 2. The van der Waals surface area contributed by atoms with Crippen molar-refractivity contribution in [3.63, 3.8) is 0 Å². The summed E-state index contributed by atoms with van der Waals surface area (Å²) < 4.78 is 5.43. The third-order valence-electron chi connectivity index (χ3n) is 7.67. The van der Waals surface area contributed by atoms with Crippen LogP contribution >= 0.6 is 0 Å². The smallest absolute Gasteiger partial charge is 0.271 e. The van der Waals surface area contributed by atoms with Gasteiger partial charge in [-0.25, -0.2) is 0 Å². The van der Waals surface area contributed by atoms with Crippen molar-refractivity contribution in [2.75, 3.05) is 13.7 Å². The molecule has 1 unspecified atom stereocenters. The highest BCUT2D eigenvalue weighted by molar-refractivity contribution is 6.02. The molecule has 2 amide bonds. The Balaban J connectivity index is 1.40. The molecular weight excluding hydrogens is 470 g/mol. The third kappa shape index (κ3) is 5.01. The Kier molecular flexibility index (Phi) is 7.08. The van der Waals surface area contributed by atoms with Gasteiger partial charge in [0.1, 0.15) is 29.6 Å². The largest absolute Gasteiger partial charge is 0.496 e. The molecule has 8 heteroatoms. The van der Waals surface area contributed by atoms with Gasteiger partial charge >= 0.3 is 0 Å². The standard InChI is InChI=1S/C29H31N3O5/c1-37-27-12-6-10-23-22(27)15-24(31-23)29(36)32-16-20(18-7-3-2-4-8-18)14-25(32)28(35)30-21(17-33)13-19-9-5-11-26(19)34/h2-4,6-8,10,12,15,17,19-21,25,31H,5,9,11,13-14,16H2,1H3,(H,30,35)/t19-,20+,21-,25?/m0/s1.